The monoisotopic (exact) mass is 251 g/mol. The van der Waals surface area contributed by atoms with Crippen LogP contribution < -0.4 is 0 Å². The third-order valence-electron chi connectivity index (χ3n) is 2.97. The number of fused-ring (bicyclic) bond motifs is 1. The van der Waals surface area contributed by atoms with Crippen LogP contribution in [0, 0.1) is 5.92 Å². The zero-order chi connectivity index (χ0) is 12.6. The van der Waals surface area contributed by atoms with Crippen LogP contribution in [0.2, 0.25) is 5.02 Å². The number of hydrogen-bond acceptors (Lipinski definition) is 1. The van der Waals surface area contributed by atoms with Crippen LogP contribution in [-0.2, 0) is 18.3 Å². The van der Waals surface area contributed by atoms with Crippen LogP contribution in [0.3, 0.4) is 0 Å². The van der Waals surface area contributed by atoms with E-state index in [4.69, 9.17) is 16.7 Å². The van der Waals surface area contributed by atoms with Crippen molar-refractivity contribution in [1.29, 1.82) is 0 Å². The number of carboxylic acids is 1. The fourth-order valence-electron chi connectivity index (χ4n) is 1.96. The molecule has 0 radical (unpaired) electrons. The van der Waals surface area contributed by atoms with Crippen LogP contribution in [0.4, 0.5) is 0 Å². The van der Waals surface area contributed by atoms with E-state index in [9.17, 15) is 4.79 Å². The Morgan fingerprint density at radius 1 is 1.53 bits per heavy atom. The standard InChI is InChI=1S/C13H14ClNO2/c1-8(13(16)17)5-9-3-4-12-10(6-9)11(14)7-15(12)2/h3-4,6-8H,5H2,1-2H3,(H,16,17). The van der Waals surface area contributed by atoms with Gasteiger partial charge in [0.1, 0.15) is 0 Å². The molecule has 0 amide bonds. The Hall–Kier alpha value is -1.48. The average Bonchev–Trinajstić information content (AvgIpc) is 2.54. The first kappa shape index (κ1) is 12.0. The molecule has 1 heterocycles. The second-order valence-corrected chi connectivity index (χ2v) is 4.79. The van der Waals surface area contributed by atoms with Crippen molar-refractivity contribution in [2.24, 2.45) is 13.0 Å². The van der Waals surface area contributed by atoms with Crippen LogP contribution >= 0.6 is 11.6 Å². The van der Waals surface area contributed by atoms with Gasteiger partial charge >= 0.3 is 5.97 Å². The molecule has 0 bridgehead atoms. The van der Waals surface area contributed by atoms with Gasteiger partial charge in [0.2, 0.25) is 0 Å². The summed E-state index contributed by atoms with van der Waals surface area (Å²) in [5.41, 5.74) is 2.06. The molecule has 1 aromatic heterocycles. The Balaban J connectivity index is 2.38. The van der Waals surface area contributed by atoms with E-state index in [1.165, 1.54) is 0 Å². The summed E-state index contributed by atoms with van der Waals surface area (Å²) in [7, 11) is 1.94. The molecule has 0 saturated heterocycles. The first-order chi connectivity index (χ1) is 7.99. The van der Waals surface area contributed by atoms with Crippen LogP contribution in [-0.4, -0.2) is 15.6 Å². The summed E-state index contributed by atoms with van der Waals surface area (Å²) in [6.45, 7) is 1.71. The molecule has 0 aliphatic carbocycles. The van der Waals surface area contributed by atoms with Gasteiger partial charge in [-0.2, -0.15) is 0 Å². The lowest BCUT2D eigenvalue weighted by atomic mass is 10.0. The minimum atomic E-state index is -0.774. The molecule has 1 N–H and O–H groups in total. The number of carboxylic acid groups (broad SMARTS) is 1. The molecule has 4 heteroatoms. The Morgan fingerprint density at radius 2 is 2.24 bits per heavy atom. The lowest BCUT2D eigenvalue weighted by Gasteiger charge is -2.06. The zero-order valence-corrected chi connectivity index (χ0v) is 10.5. The van der Waals surface area contributed by atoms with Crippen molar-refractivity contribution in [3.05, 3.63) is 35.0 Å². The summed E-state index contributed by atoms with van der Waals surface area (Å²) < 4.78 is 1.96. The Labute approximate surface area is 105 Å². The molecule has 0 aliphatic heterocycles. The van der Waals surface area contributed by atoms with E-state index >= 15 is 0 Å². The summed E-state index contributed by atoms with van der Waals surface area (Å²) in [5.74, 6) is -1.15. The third kappa shape index (κ3) is 2.29. The summed E-state index contributed by atoms with van der Waals surface area (Å²) in [5, 5.41) is 10.6. The third-order valence-corrected chi connectivity index (χ3v) is 3.27. The van der Waals surface area contributed by atoms with Gasteiger partial charge in [0.25, 0.3) is 0 Å². The SMILES string of the molecule is CC(Cc1ccc2c(c1)c(Cl)cn2C)C(=O)O. The molecule has 2 rings (SSSR count). The molecule has 17 heavy (non-hydrogen) atoms. The summed E-state index contributed by atoms with van der Waals surface area (Å²) in [6.07, 6.45) is 2.38. The first-order valence-corrected chi connectivity index (χ1v) is 5.83. The Kier molecular flexibility index (Phi) is 3.11. The molecule has 0 saturated carbocycles. The maximum Gasteiger partial charge on any atom is 0.306 e. The van der Waals surface area contributed by atoms with E-state index in [2.05, 4.69) is 0 Å². The molecule has 0 spiro atoms. The highest BCUT2D eigenvalue weighted by Gasteiger charge is 2.13. The highest BCUT2D eigenvalue weighted by Crippen LogP contribution is 2.26. The van der Waals surface area contributed by atoms with Gasteiger partial charge in [0.15, 0.2) is 0 Å². The number of nitrogens with zero attached hydrogens (tertiary/aromatic N) is 1. The second kappa shape index (κ2) is 4.41. The molecular weight excluding hydrogens is 238 g/mol. The van der Waals surface area contributed by atoms with Crippen molar-refractivity contribution in [3.63, 3.8) is 0 Å². The van der Waals surface area contributed by atoms with Gasteiger partial charge in [0, 0.05) is 24.1 Å². The quantitative estimate of drug-likeness (QED) is 0.911. The number of benzene rings is 1. The molecule has 1 unspecified atom stereocenters. The zero-order valence-electron chi connectivity index (χ0n) is 9.77. The van der Waals surface area contributed by atoms with Crippen molar-refractivity contribution in [1.82, 2.24) is 4.57 Å². The Morgan fingerprint density at radius 3 is 2.88 bits per heavy atom. The average molecular weight is 252 g/mol. The molecule has 1 atom stereocenters. The van der Waals surface area contributed by atoms with Gasteiger partial charge < -0.3 is 9.67 Å². The number of carbonyl (C=O) groups is 1. The number of aliphatic carboxylic acids is 1. The molecule has 3 nitrogen and oxygen atoms in total. The van der Waals surface area contributed by atoms with Crippen molar-refractivity contribution in [2.75, 3.05) is 0 Å². The van der Waals surface area contributed by atoms with Gasteiger partial charge in [0.05, 0.1) is 10.9 Å². The summed E-state index contributed by atoms with van der Waals surface area (Å²) in [4.78, 5) is 10.8. The van der Waals surface area contributed by atoms with E-state index in [1.807, 2.05) is 36.0 Å². The van der Waals surface area contributed by atoms with Gasteiger partial charge in [-0.15, -0.1) is 0 Å². The van der Waals surface area contributed by atoms with Gasteiger partial charge in [-0.3, -0.25) is 4.79 Å². The molecule has 90 valence electrons. The van der Waals surface area contributed by atoms with E-state index in [0.717, 1.165) is 16.5 Å². The number of hydrogen-bond donors (Lipinski definition) is 1. The van der Waals surface area contributed by atoms with Gasteiger partial charge in [-0.05, 0) is 24.1 Å². The minimum Gasteiger partial charge on any atom is -0.481 e. The van der Waals surface area contributed by atoms with Crippen molar-refractivity contribution in [3.8, 4) is 0 Å². The predicted octanol–water partition coefficient (Wildman–Crippen LogP) is 3.09. The molecule has 0 fully saturated rings. The van der Waals surface area contributed by atoms with Crippen molar-refractivity contribution >= 4 is 28.5 Å². The molecule has 1 aromatic carbocycles. The molecule has 2 aromatic rings. The van der Waals surface area contributed by atoms with Crippen LogP contribution in [0.5, 0.6) is 0 Å². The predicted molar refractivity (Wildman–Crippen MR) is 68.4 cm³/mol. The fraction of sp³-hybridized carbons (Fsp3) is 0.308. The topological polar surface area (TPSA) is 42.2 Å². The van der Waals surface area contributed by atoms with Gasteiger partial charge in [-0.1, -0.05) is 24.6 Å². The molecule has 0 aliphatic rings. The minimum absolute atomic E-state index is 0.380. The highest BCUT2D eigenvalue weighted by molar-refractivity contribution is 6.35. The van der Waals surface area contributed by atoms with E-state index in [1.54, 1.807) is 6.92 Å². The van der Waals surface area contributed by atoms with E-state index < -0.39 is 5.97 Å². The number of rotatable bonds is 3. The highest BCUT2D eigenvalue weighted by atomic mass is 35.5. The van der Waals surface area contributed by atoms with Crippen LogP contribution in [0.25, 0.3) is 10.9 Å². The first-order valence-electron chi connectivity index (χ1n) is 5.45. The lowest BCUT2D eigenvalue weighted by molar-refractivity contribution is -0.141. The van der Waals surface area contributed by atoms with Crippen molar-refractivity contribution in [2.45, 2.75) is 13.3 Å². The van der Waals surface area contributed by atoms with E-state index in [-0.39, 0.29) is 5.92 Å². The maximum absolute atomic E-state index is 10.8. The summed E-state index contributed by atoms with van der Waals surface area (Å²) in [6, 6.07) is 5.90. The number of aryl methyl sites for hydroxylation is 1. The normalized spacial score (nSPS) is 12.9. The second-order valence-electron chi connectivity index (χ2n) is 4.38. The van der Waals surface area contributed by atoms with E-state index in [0.29, 0.717) is 11.4 Å². The number of halogens is 1. The molecular formula is C13H14ClNO2. The smallest absolute Gasteiger partial charge is 0.306 e. The lowest BCUT2D eigenvalue weighted by Crippen LogP contribution is -2.12. The Bertz CT molecular complexity index is 574. The van der Waals surface area contributed by atoms with Crippen LogP contribution in [0.1, 0.15) is 12.5 Å². The van der Waals surface area contributed by atoms with Crippen LogP contribution in [0.15, 0.2) is 24.4 Å². The van der Waals surface area contributed by atoms with Crippen molar-refractivity contribution < 1.29 is 9.90 Å². The van der Waals surface area contributed by atoms with Gasteiger partial charge in [-0.25, -0.2) is 0 Å². The summed E-state index contributed by atoms with van der Waals surface area (Å²) >= 11 is 6.11. The largest absolute Gasteiger partial charge is 0.481 e. The number of aromatic nitrogens is 1. The maximum atomic E-state index is 10.8. The fourth-order valence-corrected chi connectivity index (χ4v) is 2.26.